The molecule has 86 valence electrons. The average molecular weight is 228 g/mol. The van der Waals surface area contributed by atoms with Crippen molar-refractivity contribution in [3.8, 4) is 5.75 Å². The number of rotatable bonds is 4. The molecule has 0 fully saturated rings. The summed E-state index contributed by atoms with van der Waals surface area (Å²) in [6, 6.07) is 12.9. The minimum absolute atomic E-state index is 0.0829. The molecular formula is C13H12N2O2. The van der Waals surface area contributed by atoms with Crippen LogP contribution in [0.1, 0.15) is 11.3 Å². The second kappa shape index (κ2) is 5.65. The molecule has 0 aliphatic carbocycles. The van der Waals surface area contributed by atoms with Crippen molar-refractivity contribution in [2.75, 3.05) is 0 Å². The van der Waals surface area contributed by atoms with Gasteiger partial charge < -0.3 is 9.94 Å². The van der Waals surface area contributed by atoms with Crippen molar-refractivity contribution in [3.63, 3.8) is 0 Å². The van der Waals surface area contributed by atoms with Gasteiger partial charge in [-0.2, -0.15) is 0 Å². The van der Waals surface area contributed by atoms with Gasteiger partial charge in [0.15, 0.2) is 0 Å². The van der Waals surface area contributed by atoms with Crippen LogP contribution >= 0.6 is 0 Å². The number of benzene rings is 1. The van der Waals surface area contributed by atoms with Crippen LogP contribution in [0.4, 0.5) is 0 Å². The SMILES string of the molecule is Oc1cccnc1/C=N/OCc1ccccc1. The Morgan fingerprint density at radius 2 is 2.00 bits per heavy atom. The van der Waals surface area contributed by atoms with Gasteiger partial charge in [-0.3, -0.25) is 4.98 Å². The van der Waals surface area contributed by atoms with Crippen LogP contribution in [0.15, 0.2) is 53.8 Å². The molecule has 0 spiro atoms. The summed E-state index contributed by atoms with van der Waals surface area (Å²) in [5, 5.41) is 13.2. The van der Waals surface area contributed by atoms with E-state index in [1.54, 1.807) is 18.3 Å². The Morgan fingerprint density at radius 3 is 2.76 bits per heavy atom. The molecule has 0 unspecified atom stereocenters. The van der Waals surface area contributed by atoms with E-state index in [0.29, 0.717) is 12.3 Å². The van der Waals surface area contributed by atoms with E-state index < -0.39 is 0 Å². The van der Waals surface area contributed by atoms with Crippen molar-refractivity contribution in [1.82, 2.24) is 4.98 Å². The lowest BCUT2D eigenvalue weighted by Crippen LogP contribution is -1.90. The van der Waals surface area contributed by atoms with Crippen LogP contribution in [0, 0.1) is 0 Å². The molecule has 1 heterocycles. The van der Waals surface area contributed by atoms with Crippen molar-refractivity contribution >= 4 is 6.21 Å². The van der Waals surface area contributed by atoms with Crippen LogP contribution in [0.5, 0.6) is 5.75 Å². The standard InChI is InChI=1S/C13H12N2O2/c16-13-7-4-8-14-12(13)9-15-17-10-11-5-2-1-3-6-11/h1-9,16H,10H2/b15-9+. The number of hydrogen-bond donors (Lipinski definition) is 1. The van der Waals surface area contributed by atoms with Crippen molar-refractivity contribution < 1.29 is 9.94 Å². The van der Waals surface area contributed by atoms with Gasteiger partial charge >= 0.3 is 0 Å². The van der Waals surface area contributed by atoms with Gasteiger partial charge in [0.05, 0.1) is 6.21 Å². The maximum Gasteiger partial charge on any atom is 0.142 e. The maximum atomic E-state index is 9.42. The fraction of sp³-hybridized carbons (Fsp3) is 0.0769. The predicted octanol–water partition coefficient (Wildman–Crippen LogP) is 2.34. The lowest BCUT2D eigenvalue weighted by atomic mass is 10.2. The van der Waals surface area contributed by atoms with Crippen LogP contribution in [-0.2, 0) is 11.4 Å². The fourth-order valence-electron chi connectivity index (χ4n) is 1.28. The molecule has 1 aromatic carbocycles. The van der Waals surface area contributed by atoms with Gasteiger partial charge in [-0.25, -0.2) is 0 Å². The number of nitrogens with zero attached hydrogens (tertiary/aromatic N) is 2. The molecular weight excluding hydrogens is 216 g/mol. The topological polar surface area (TPSA) is 54.7 Å². The molecule has 17 heavy (non-hydrogen) atoms. The van der Waals surface area contributed by atoms with Gasteiger partial charge in [0.1, 0.15) is 18.1 Å². The first-order valence-electron chi connectivity index (χ1n) is 5.19. The lowest BCUT2D eigenvalue weighted by Gasteiger charge is -1.99. The van der Waals surface area contributed by atoms with E-state index in [1.807, 2.05) is 30.3 Å². The molecule has 0 aliphatic rings. The number of pyridine rings is 1. The van der Waals surface area contributed by atoms with Gasteiger partial charge in [-0.05, 0) is 17.7 Å². The molecule has 1 aromatic heterocycles. The van der Waals surface area contributed by atoms with E-state index in [4.69, 9.17) is 4.84 Å². The molecule has 4 heteroatoms. The third-order valence-corrected chi connectivity index (χ3v) is 2.14. The summed E-state index contributed by atoms with van der Waals surface area (Å²) in [4.78, 5) is 9.04. The minimum atomic E-state index is 0.0829. The molecule has 2 rings (SSSR count). The Morgan fingerprint density at radius 1 is 1.18 bits per heavy atom. The quantitative estimate of drug-likeness (QED) is 0.645. The zero-order chi connectivity index (χ0) is 11.9. The van der Waals surface area contributed by atoms with E-state index in [9.17, 15) is 5.11 Å². The highest BCUT2D eigenvalue weighted by molar-refractivity contribution is 5.79. The molecule has 1 N–H and O–H groups in total. The number of hydrogen-bond acceptors (Lipinski definition) is 4. The van der Waals surface area contributed by atoms with Crippen LogP contribution in [0.2, 0.25) is 0 Å². The second-order valence-electron chi connectivity index (χ2n) is 3.40. The Labute approximate surface area is 99.2 Å². The molecule has 0 amide bonds. The molecule has 4 nitrogen and oxygen atoms in total. The Kier molecular flexibility index (Phi) is 3.70. The summed E-state index contributed by atoms with van der Waals surface area (Å²) in [5.41, 5.74) is 1.43. The molecule has 0 atom stereocenters. The number of oxime groups is 1. The van der Waals surface area contributed by atoms with Gasteiger partial charge in [-0.15, -0.1) is 0 Å². The lowest BCUT2D eigenvalue weighted by molar-refractivity contribution is 0.132. The van der Waals surface area contributed by atoms with E-state index in [0.717, 1.165) is 5.56 Å². The Hall–Kier alpha value is -2.36. The van der Waals surface area contributed by atoms with E-state index in [1.165, 1.54) is 6.21 Å². The third kappa shape index (κ3) is 3.31. The largest absolute Gasteiger partial charge is 0.506 e. The summed E-state index contributed by atoms with van der Waals surface area (Å²) in [6.07, 6.45) is 2.97. The van der Waals surface area contributed by atoms with Gasteiger partial charge in [0.25, 0.3) is 0 Å². The van der Waals surface area contributed by atoms with Crippen molar-refractivity contribution in [1.29, 1.82) is 0 Å². The maximum absolute atomic E-state index is 9.42. The van der Waals surface area contributed by atoms with E-state index in [-0.39, 0.29) is 5.75 Å². The van der Waals surface area contributed by atoms with E-state index >= 15 is 0 Å². The Balaban J connectivity index is 1.89. The number of aromatic hydroxyl groups is 1. The van der Waals surface area contributed by atoms with Crippen molar-refractivity contribution in [2.45, 2.75) is 6.61 Å². The first kappa shape index (κ1) is 11.1. The van der Waals surface area contributed by atoms with Gasteiger partial charge in [0, 0.05) is 6.20 Å². The summed E-state index contributed by atoms with van der Waals surface area (Å²) in [5.74, 6) is 0.0829. The molecule has 0 aliphatic heterocycles. The summed E-state index contributed by atoms with van der Waals surface area (Å²) >= 11 is 0. The Bertz CT molecular complexity index is 498. The molecule has 0 radical (unpaired) electrons. The third-order valence-electron chi connectivity index (χ3n) is 2.14. The number of aromatic nitrogens is 1. The molecule has 0 saturated carbocycles. The van der Waals surface area contributed by atoms with Gasteiger partial charge in [-0.1, -0.05) is 35.5 Å². The molecule has 0 saturated heterocycles. The minimum Gasteiger partial charge on any atom is -0.506 e. The fourth-order valence-corrected chi connectivity index (χ4v) is 1.28. The second-order valence-corrected chi connectivity index (χ2v) is 3.40. The monoisotopic (exact) mass is 228 g/mol. The van der Waals surface area contributed by atoms with Crippen LogP contribution < -0.4 is 0 Å². The first-order chi connectivity index (χ1) is 8.36. The van der Waals surface area contributed by atoms with Crippen LogP contribution in [0.3, 0.4) is 0 Å². The normalized spacial score (nSPS) is 10.6. The zero-order valence-electron chi connectivity index (χ0n) is 9.15. The summed E-state index contributed by atoms with van der Waals surface area (Å²) in [7, 11) is 0. The summed E-state index contributed by atoms with van der Waals surface area (Å²) < 4.78 is 0. The van der Waals surface area contributed by atoms with E-state index in [2.05, 4.69) is 10.1 Å². The van der Waals surface area contributed by atoms with Crippen molar-refractivity contribution in [3.05, 3.63) is 59.9 Å². The van der Waals surface area contributed by atoms with Crippen LogP contribution in [0.25, 0.3) is 0 Å². The van der Waals surface area contributed by atoms with Gasteiger partial charge in [0.2, 0.25) is 0 Å². The van der Waals surface area contributed by atoms with Crippen LogP contribution in [-0.4, -0.2) is 16.3 Å². The molecule has 2 aromatic rings. The predicted molar refractivity (Wildman–Crippen MR) is 64.7 cm³/mol. The average Bonchev–Trinajstić information content (AvgIpc) is 2.38. The first-order valence-corrected chi connectivity index (χ1v) is 5.19. The smallest absolute Gasteiger partial charge is 0.142 e. The highest BCUT2D eigenvalue weighted by atomic mass is 16.6. The zero-order valence-corrected chi connectivity index (χ0v) is 9.15. The van der Waals surface area contributed by atoms with Crippen molar-refractivity contribution in [2.24, 2.45) is 5.16 Å². The highest BCUT2D eigenvalue weighted by Crippen LogP contribution is 2.09. The summed E-state index contributed by atoms with van der Waals surface area (Å²) in [6.45, 7) is 0.394. The molecule has 0 bridgehead atoms. The highest BCUT2D eigenvalue weighted by Gasteiger charge is 1.96.